The molecule has 2 aromatic carbocycles. The SMILES string of the molecule is Cc1cccc(Cl)c1-n1nnnc1-c1cccc(N)c1. The maximum absolute atomic E-state index is 6.27. The molecule has 1 aromatic heterocycles. The zero-order chi connectivity index (χ0) is 14.1. The Morgan fingerprint density at radius 3 is 2.70 bits per heavy atom. The molecular weight excluding hydrogens is 274 g/mol. The summed E-state index contributed by atoms with van der Waals surface area (Å²) in [5.74, 6) is 0.605. The summed E-state index contributed by atoms with van der Waals surface area (Å²) in [6.45, 7) is 1.96. The number of nitrogens with two attached hydrogens (primary N) is 1. The van der Waals surface area contributed by atoms with Crippen molar-refractivity contribution in [1.29, 1.82) is 0 Å². The fourth-order valence-corrected chi connectivity index (χ4v) is 2.39. The number of halogens is 1. The van der Waals surface area contributed by atoms with E-state index in [9.17, 15) is 0 Å². The molecule has 100 valence electrons. The molecule has 0 bridgehead atoms. The van der Waals surface area contributed by atoms with E-state index < -0.39 is 0 Å². The maximum Gasteiger partial charge on any atom is 0.187 e. The number of hydrogen-bond donors (Lipinski definition) is 1. The Balaban J connectivity index is 2.21. The number of aromatic nitrogens is 4. The van der Waals surface area contributed by atoms with Crippen LogP contribution in [0.2, 0.25) is 5.02 Å². The molecule has 0 saturated heterocycles. The van der Waals surface area contributed by atoms with Crippen molar-refractivity contribution in [3.05, 3.63) is 53.1 Å². The van der Waals surface area contributed by atoms with E-state index in [4.69, 9.17) is 17.3 Å². The fraction of sp³-hybridized carbons (Fsp3) is 0.0714. The minimum atomic E-state index is 0.599. The van der Waals surface area contributed by atoms with Crippen LogP contribution in [0.3, 0.4) is 0 Å². The van der Waals surface area contributed by atoms with Crippen molar-refractivity contribution >= 4 is 17.3 Å². The van der Waals surface area contributed by atoms with Gasteiger partial charge in [-0.25, -0.2) is 0 Å². The molecule has 0 fully saturated rings. The number of rotatable bonds is 2. The molecule has 0 amide bonds. The van der Waals surface area contributed by atoms with Gasteiger partial charge in [-0.3, -0.25) is 0 Å². The highest BCUT2D eigenvalue weighted by molar-refractivity contribution is 6.32. The highest BCUT2D eigenvalue weighted by Crippen LogP contribution is 2.27. The van der Waals surface area contributed by atoms with Crippen molar-refractivity contribution in [1.82, 2.24) is 20.2 Å². The second-order valence-electron chi connectivity index (χ2n) is 4.45. The van der Waals surface area contributed by atoms with Crippen molar-refractivity contribution in [3.8, 4) is 17.1 Å². The van der Waals surface area contributed by atoms with Gasteiger partial charge in [0, 0.05) is 11.3 Å². The number of benzene rings is 2. The van der Waals surface area contributed by atoms with Gasteiger partial charge in [-0.05, 0) is 41.1 Å². The number of nitrogen functional groups attached to an aromatic ring is 1. The summed E-state index contributed by atoms with van der Waals surface area (Å²) in [6, 6.07) is 13.1. The predicted molar refractivity (Wildman–Crippen MR) is 78.7 cm³/mol. The van der Waals surface area contributed by atoms with Crippen molar-refractivity contribution in [3.63, 3.8) is 0 Å². The Hall–Kier alpha value is -2.40. The third kappa shape index (κ3) is 2.12. The average Bonchev–Trinajstić information content (AvgIpc) is 2.87. The van der Waals surface area contributed by atoms with Crippen LogP contribution >= 0.6 is 11.6 Å². The normalized spacial score (nSPS) is 10.7. The van der Waals surface area contributed by atoms with Gasteiger partial charge in [-0.2, -0.15) is 4.68 Å². The fourth-order valence-electron chi connectivity index (χ4n) is 2.09. The van der Waals surface area contributed by atoms with Gasteiger partial charge in [-0.1, -0.05) is 35.9 Å². The van der Waals surface area contributed by atoms with E-state index in [2.05, 4.69) is 15.5 Å². The highest BCUT2D eigenvalue weighted by Gasteiger charge is 2.15. The summed E-state index contributed by atoms with van der Waals surface area (Å²) in [5.41, 5.74) is 9.08. The van der Waals surface area contributed by atoms with Gasteiger partial charge in [0.25, 0.3) is 0 Å². The van der Waals surface area contributed by atoms with Crippen molar-refractivity contribution in [2.45, 2.75) is 6.92 Å². The van der Waals surface area contributed by atoms with Gasteiger partial charge in [0.05, 0.1) is 10.7 Å². The quantitative estimate of drug-likeness (QED) is 0.735. The van der Waals surface area contributed by atoms with Crippen LogP contribution in [-0.4, -0.2) is 20.2 Å². The third-order valence-corrected chi connectivity index (χ3v) is 3.32. The molecule has 5 nitrogen and oxygen atoms in total. The van der Waals surface area contributed by atoms with Crippen LogP contribution in [0.25, 0.3) is 17.1 Å². The number of aryl methyl sites for hydroxylation is 1. The van der Waals surface area contributed by atoms with E-state index in [-0.39, 0.29) is 0 Å². The van der Waals surface area contributed by atoms with Gasteiger partial charge in [-0.15, -0.1) is 5.10 Å². The molecule has 2 N–H and O–H groups in total. The van der Waals surface area contributed by atoms with Crippen LogP contribution in [0.5, 0.6) is 0 Å². The van der Waals surface area contributed by atoms with Crippen LogP contribution < -0.4 is 5.73 Å². The minimum Gasteiger partial charge on any atom is -0.399 e. The third-order valence-electron chi connectivity index (χ3n) is 3.01. The zero-order valence-corrected chi connectivity index (χ0v) is 11.5. The Bertz CT molecular complexity index is 746. The average molecular weight is 286 g/mol. The van der Waals surface area contributed by atoms with Gasteiger partial charge in [0.15, 0.2) is 5.82 Å². The molecule has 0 aliphatic rings. The molecule has 20 heavy (non-hydrogen) atoms. The Labute approximate surface area is 121 Å². The molecule has 0 saturated carbocycles. The van der Waals surface area contributed by atoms with Crippen LogP contribution in [0.15, 0.2) is 42.5 Å². The first-order valence-electron chi connectivity index (χ1n) is 6.06. The number of para-hydroxylation sites is 1. The summed E-state index contributed by atoms with van der Waals surface area (Å²) in [4.78, 5) is 0. The van der Waals surface area contributed by atoms with E-state index in [0.29, 0.717) is 16.5 Å². The lowest BCUT2D eigenvalue weighted by Crippen LogP contribution is -2.03. The molecule has 0 unspecified atom stereocenters. The van der Waals surface area contributed by atoms with Crippen LogP contribution in [0.4, 0.5) is 5.69 Å². The first-order chi connectivity index (χ1) is 9.66. The lowest BCUT2D eigenvalue weighted by atomic mass is 10.1. The standard InChI is InChI=1S/C14H12ClN5/c1-9-4-2-7-12(15)13(9)20-14(17-18-19-20)10-5-3-6-11(16)8-10/h2-8H,16H2,1H3. The largest absolute Gasteiger partial charge is 0.399 e. The zero-order valence-electron chi connectivity index (χ0n) is 10.8. The number of anilines is 1. The van der Waals surface area contributed by atoms with E-state index in [1.807, 2.05) is 49.4 Å². The van der Waals surface area contributed by atoms with Crippen molar-refractivity contribution in [2.75, 3.05) is 5.73 Å². The van der Waals surface area contributed by atoms with Crippen LogP contribution in [0.1, 0.15) is 5.56 Å². The topological polar surface area (TPSA) is 69.6 Å². The summed E-state index contributed by atoms with van der Waals surface area (Å²) in [6.07, 6.45) is 0. The molecule has 1 heterocycles. The number of nitrogens with zero attached hydrogens (tertiary/aromatic N) is 4. The van der Waals surface area contributed by atoms with Gasteiger partial charge >= 0.3 is 0 Å². The molecule has 0 aliphatic heterocycles. The molecule has 0 atom stereocenters. The predicted octanol–water partition coefficient (Wildman–Crippen LogP) is 2.87. The Kier molecular flexibility index (Phi) is 3.12. The summed E-state index contributed by atoms with van der Waals surface area (Å²) in [5, 5.41) is 12.5. The highest BCUT2D eigenvalue weighted by atomic mass is 35.5. The second kappa shape index (κ2) is 4.94. The molecule has 0 radical (unpaired) electrons. The summed E-state index contributed by atoms with van der Waals surface area (Å²) in [7, 11) is 0. The lowest BCUT2D eigenvalue weighted by molar-refractivity contribution is 0.787. The summed E-state index contributed by atoms with van der Waals surface area (Å²) >= 11 is 6.27. The Morgan fingerprint density at radius 1 is 1.15 bits per heavy atom. The molecule has 0 aliphatic carbocycles. The summed E-state index contributed by atoms with van der Waals surface area (Å²) < 4.78 is 1.63. The first-order valence-corrected chi connectivity index (χ1v) is 6.44. The molecule has 6 heteroatoms. The van der Waals surface area contributed by atoms with Gasteiger partial charge < -0.3 is 5.73 Å². The molecular formula is C14H12ClN5. The van der Waals surface area contributed by atoms with E-state index >= 15 is 0 Å². The van der Waals surface area contributed by atoms with E-state index in [0.717, 1.165) is 16.8 Å². The second-order valence-corrected chi connectivity index (χ2v) is 4.85. The van der Waals surface area contributed by atoms with E-state index in [1.165, 1.54) is 0 Å². The Morgan fingerprint density at radius 2 is 1.95 bits per heavy atom. The number of hydrogen-bond acceptors (Lipinski definition) is 4. The number of tetrazole rings is 1. The van der Waals surface area contributed by atoms with Crippen LogP contribution in [-0.2, 0) is 0 Å². The van der Waals surface area contributed by atoms with E-state index in [1.54, 1.807) is 4.68 Å². The van der Waals surface area contributed by atoms with Crippen molar-refractivity contribution in [2.24, 2.45) is 0 Å². The molecule has 0 spiro atoms. The monoisotopic (exact) mass is 285 g/mol. The lowest BCUT2D eigenvalue weighted by Gasteiger charge is -2.09. The minimum absolute atomic E-state index is 0.599. The molecule has 3 rings (SSSR count). The molecule has 3 aromatic rings. The smallest absolute Gasteiger partial charge is 0.187 e. The van der Waals surface area contributed by atoms with Gasteiger partial charge in [0.1, 0.15) is 0 Å². The van der Waals surface area contributed by atoms with Crippen LogP contribution in [0, 0.1) is 6.92 Å². The first kappa shape index (κ1) is 12.6. The van der Waals surface area contributed by atoms with Crippen molar-refractivity contribution < 1.29 is 0 Å². The maximum atomic E-state index is 6.27. The van der Waals surface area contributed by atoms with Gasteiger partial charge in [0.2, 0.25) is 0 Å².